The predicted molar refractivity (Wildman–Crippen MR) is 387 cm³/mol. The molecule has 4 aliphatic heterocycles. The van der Waals surface area contributed by atoms with Crippen molar-refractivity contribution in [2.75, 3.05) is 45.9 Å². The number of carbonyl (C=O) groups is 15. The lowest BCUT2D eigenvalue weighted by Crippen LogP contribution is -2.62. The van der Waals surface area contributed by atoms with Gasteiger partial charge >= 0.3 is 11.9 Å². The molecule has 0 saturated carbocycles. The van der Waals surface area contributed by atoms with Crippen molar-refractivity contribution >= 4 is 94.7 Å². The van der Waals surface area contributed by atoms with Crippen LogP contribution in [0.1, 0.15) is 136 Å². The van der Waals surface area contributed by atoms with E-state index in [1.54, 1.807) is 58.0 Å². The summed E-state index contributed by atoms with van der Waals surface area (Å²) >= 11 is 0. The van der Waals surface area contributed by atoms with Crippen LogP contribution in [0, 0.1) is 11.8 Å². The molecule has 3 saturated heterocycles. The van der Waals surface area contributed by atoms with E-state index in [0.717, 1.165) is 22.7 Å². The van der Waals surface area contributed by atoms with E-state index < -0.39 is 218 Å². The minimum atomic E-state index is -2.00. The van der Waals surface area contributed by atoms with Crippen LogP contribution in [0.3, 0.4) is 0 Å². The average molecular weight is 1530 g/mol. The number of carboxylic acid groups (broad SMARTS) is 2. The number of hydrogen-bond donors (Lipinski definition) is 18. The molecule has 3 fully saturated rings. The van der Waals surface area contributed by atoms with Gasteiger partial charge in [-0.3, -0.25) is 72.1 Å². The van der Waals surface area contributed by atoms with E-state index in [9.17, 15) is 73.2 Å². The Balaban J connectivity index is 1.52. The van der Waals surface area contributed by atoms with Gasteiger partial charge in [-0.2, -0.15) is 0 Å². The number of aliphatic carboxylic acids is 2. The molecule has 40 heteroatoms. The third-order valence-corrected chi connectivity index (χ3v) is 19.9. The van der Waals surface area contributed by atoms with Gasteiger partial charge in [0, 0.05) is 39.0 Å². The molecule has 0 bridgehead atoms. The maximum absolute atomic E-state index is 15.6. The number of likely N-dealkylation sites (tertiary alicyclic amines) is 1. The van der Waals surface area contributed by atoms with Gasteiger partial charge in [-0.15, -0.1) is 5.10 Å². The van der Waals surface area contributed by atoms with Gasteiger partial charge in [0.05, 0.1) is 44.1 Å². The van der Waals surface area contributed by atoms with Crippen LogP contribution in [0.2, 0.25) is 0 Å². The summed E-state index contributed by atoms with van der Waals surface area (Å²) in [4.78, 5) is 222. The molecule has 0 unspecified atom stereocenters. The van der Waals surface area contributed by atoms with Crippen molar-refractivity contribution in [3.05, 3.63) is 47.8 Å². The van der Waals surface area contributed by atoms with E-state index >= 15 is 19.2 Å². The minimum absolute atomic E-state index is 0.0113. The summed E-state index contributed by atoms with van der Waals surface area (Å²) in [5.41, 5.74) is 22.9. The van der Waals surface area contributed by atoms with Crippen molar-refractivity contribution in [3.8, 4) is 0 Å². The summed E-state index contributed by atoms with van der Waals surface area (Å²) in [6, 6.07) is -12.4. The fourth-order valence-corrected chi connectivity index (χ4v) is 13.4. The quantitative estimate of drug-likeness (QED) is 0.0214. The number of amides is 13. The molecule has 1 aromatic carbocycles. The molecule has 109 heavy (non-hydrogen) atoms. The average Bonchev–Trinajstić information content (AvgIpc) is 1.68. The van der Waals surface area contributed by atoms with Crippen LogP contribution in [0.5, 0.6) is 0 Å². The number of carboxylic acids is 2. The van der Waals surface area contributed by atoms with Crippen molar-refractivity contribution in [3.63, 3.8) is 0 Å². The number of rotatable bonds is 28. The molecule has 2 aromatic rings. The summed E-state index contributed by atoms with van der Waals surface area (Å²) in [7, 11) is 0. The first-order valence-electron chi connectivity index (χ1n) is 36.9. The highest BCUT2D eigenvalue weighted by Gasteiger charge is 2.47. The van der Waals surface area contributed by atoms with Crippen molar-refractivity contribution in [2.24, 2.45) is 39.8 Å². The maximum atomic E-state index is 15.6. The zero-order chi connectivity index (χ0) is 80.3. The first kappa shape index (κ1) is 87.4. The van der Waals surface area contributed by atoms with Gasteiger partial charge in [0.25, 0.3) is 0 Å². The predicted octanol–water partition coefficient (Wildman–Crippen LogP) is -6.94. The fraction of sp³-hybridized carbons (Fsp3) is 0.652. The van der Waals surface area contributed by atoms with E-state index in [0.29, 0.717) is 31.2 Å². The monoisotopic (exact) mass is 1530 g/mol. The highest BCUT2D eigenvalue weighted by Crippen LogP contribution is 2.28. The Kier molecular flexibility index (Phi) is 33.9. The van der Waals surface area contributed by atoms with E-state index in [1.807, 2.05) is 0 Å². The molecule has 40 nitrogen and oxygen atoms in total. The highest BCUT2D eigenvalue weighted by atomic mass is 16.4. The number of guanidine groups is 1. The van der Waals surface area contributed by atoms with Gasteiger partial charge in [-0.05, 0) is 101 Å². The van der Waals surface area contributed by atoms with Gasteiger partial charge < -0.3 is 111 Å². The lowest BCUT2D eigenvalue weighted by Gasteiger charge is -2.35. The lowest BCUT2D eigenvalue weighted by molar-refractivity contribution is -0.149. The number of benzene rings is 1. The Labute approximate surface area is 629 Å². The third kappa shape index (κ3) is 24.8. The zero-order valence-corrected chi connectivity index (χ0v) is 62.0. The maximum Gasteiger partial charge on any atom is 0.326 e. The largest absolute Gasteiger partial charge is 0.481 e. The Morgan fingerprint density at radius 3 is 1.89 bits per heavy atom. The van der Waals surface area contributed by atoms with Crippen molar-refractivity contribution < 1.29 is 92.3 Å². The van der Waals surface area contributed by atoms with Gasteiger partial charge in [0.1, 0.15) is 78.5 Å². The Hall–Kier alpha value is -10.5. The van der Waals surface area contributed by atoms with Crippen molar-refractivity contribution in [2.45, 2.75) is 229 Å². The van der Waals surface area contributed by atoms with Crippen molar-refractivity contribution in [1.29, 1.82) is 0 Å². The molecule has 13 amide bonds. The molecule has 1 aromatic heterocycles. The van der Waals surface area contributed by atoms with Crippen LogP contribution in [-0.4, -0.2) is 275 Å². The number of carbonyl (C=O) groups excluding carboxylic acids is 13. The second-order valence-corrected chi connectivity index (χ2v) is 27.9. The Morgan fingerprint density at radius 2 is 1.27 bits per heavy atom. The SMILES string of the molecule is CC[C@H](C)[C@@H]1NC(=O)[C@@H]2CCCN2C(=O)[C@@H]2CCCN2C(=O)[C@H]([C@@H](C)CC)NC(=O)[C@H](CO)NC(=O)[C@H](CCCCN)NC(=O)[C@H]([C@@H](C)O)NC(=O)[C@@H](NC(=O)[C@H](CCCN=C(N)N)NC(=O)CN)Cn2nncc2C[C@@H](C(=O)N[C@@H](Cc2ccccc2)C(=O)N2CCC[C@H]2C(=O)N[C@@H](CC(=O)O)C(=O)O)NC1=O. The third-order valence-electron chi connectivity index (χ3n) is 19.9. The summed E-state index contributed by atoms with van der Waals surface area (Å²) in [5, 5.41) is 75.1. The molecule has 5 heterocycles. The number of hydrogen-bond acceptors (Lipinski definition) is 22. The summed E-state index contributed by atoms with van der Waals surface area (Å²) in [6.07, 6.45) is -0.845. The molecule has 0 radical (unpaired) electrons. The molecule has 0 spiro atoms. The smallest absolute Gasteiger partial charge is 0.326 e. The number of nitrogens with zero attached hydrogens (tertiary/aromatic N) is 7. The molecule has 4 aliphatic rings. The number of aliphatic imine (C=N–C) groups is 1. The van der Waals surface area contributed by atoms with E-state index in [1.165, 1.54) is 9.80 Å². The van der Waals surface area contributed by atoms with Crippen LogP contribution in [0.25, 0.3) is 0 Å². The van der Waals surface area contributed by atoms with E-state index in [-0.39, 0.29) is 109 Å². The zero-order valence-electron chi connectivity index (χ0n) is 62.0. The normalized spacial score (nSPS) is 24.6. The molecule has 602 valence electrons. The Morgan fingerprint density at radius 1 is 0.661 bits per heavy atom. The van der Waals surface area contributed by atoms with E-state index in [2.05, 4.69) is 68.5 Å². The Bertz CT molecular complexity index is 3580. The van der Waals surface area contributed by atoms with Crippen molar-refractivity contribution in [1.82, 2.24) is 82.9 Å². The lowest BCUT2D eigenvalue weighted by atomic mass is 9.96. The van der Waals surface area contributed by atoms with Gasteiger partial charge in [-0.1, -0.05) is 76.1 Å². The first-order valence-corrected chi connectivity index (χ1v) is 36.9. The number of unbranched alkanes of at least 4 members (excludes halogenated alkanes) is 1. The van der Waals surface area contributed by atoms with Crippen LogP contribution < -0.4 is 76.1 Å². The van der Waals surface area contributed by atoms with Crippen LogP contribution in [-0.2, 0) is 91.3 Å². The number of fused-ring (bicyclic) bond motifs is 3. The van der Waals surface area contributed by atoms with Crippen LogP contribution >= 0.6 is 0 Å². The fourth-order valence-electron chi connectivity index (χ4n) is 13.4. The van der Waals surface area contributed by atoms with E-state index in [4.69, 9.17) is 22.9 Å². The number of aliphatic hydroxyl groups is 2. The molecular weight excluding hydrogens is 1430 g/mol. The number of aliphatic hydroxyl groups excluding tert-OH is 2. The minimum Gasteiger partial charge on any atom is -0.481 e. The second-order valence-electron chi connectivity index (χ2n) is 27.9. The summed E-state index contributed by atoms with van der Waals surface area (Å²) in [6.45, 7) is 5.54. The molecule has 0 aliphatic carbocycles. The number of aromatic nitrogens is 3. The molecule has 16 atom stereocenters. The first-order chi connectivity index (χ1) is 51.9. The second kappa shape index (κ2) is 42.3. The van der Waals surface area contributed by atoms with Crippen LogP contribution in [0.15, 0.2) is 41.5 Å². The van der Waals surface area contributed by atoms with Gasteiger partial charge in [-0.25, -0.2) is 9.48 Å². The summed E-state index contributed by atoms with van der Waals surface area (Å²) < 4.78 is 1.02. The highest BCUT2D eigenvalue weighted by molar-refractivity contribution is 6.01. The molecule has 22 N–H and O–H groups in total. The topological polar surface area (TPSA) is 614 Å². The van der Waals surface area contributed by atoms with Crippen LogP contribution in [0.4, 0.5) is 0 Å². The van der Waals surface area contributed by atoms with Gasteiger partial charge in [0.2, 0.25) is 76.8 Å². The summed E-state index contributed by atoms with van der Waals surface area (Å²) in [5.74, 6) is -17.2. The molecular formula is C69H107N21O19. The standard InChI is InChI=1S/C69H107N21O19/c1-6-36(3)53-63(103)78-43(58(98)79-44(29-39-17-9-8-10-18-39)65(105)87-26-14-21-48(87)61(101)80-45(68(108)109)31-52(94)95)30-40-33-75-86-90(40)34-46(81-56(96)41(76-51(93)32-71)20-13-25-74-69(72)73)59(99)85-55(38(5)92)64(104)77-42(19-11-12-24-70)57(97)82-47(35-91)60(100)84-54(37(4)7-2)67(107)89-28-16-23-50(89)66(106)88-27-15-22-49(88)62(102)83-53/h8-10,17-18,33,36-38,41-50,53-55,91-92H,6-7,11-16,19-32,34-35,70-71H2,1-5H3,(H,76,93)(H,77,104)(H,78,103)(H,79,98)(H,80,101)(H,81,96)(H,82,97)(H,83,102)(H,84,100)(H,85,99)(H,94,95)(H,108,109)(H4,72,73,74)/t36-,37-,38+,41-,42-,43-,44-,45-,46-,47-,48-,49-,50-,53-,54-,55-/m0/s1. The molecule has 6 rings (SSSR count). The number of nitrogens with two attached hydrogens (primary N) is 4. The number of nitrogens with one attached hydrogen (secondary N) is 10. The van der Waals surface area contributed by atoms with Gasteiger partial charge in [0.15, 0.2) is 5.96 Å².